The summed E-state index contributed by atoms with van der Waals surface area (Å²) in [5.41, 5.74) is 0. The van der Waals surface area contributed by atoms with Crippen LogP contribution in [0.2, 0.25) is 0 Å². The molecule has 2 aliphatic rings. The maximum Gasteiger partial charge on any atom is 0.241 e. The van der Waals surface area contributed by atoms with E-state index in [4.69, 9.17) is 0 Å². The summed E-state index contributed by atoms with van der Waals surface area (Å²) >= 11 is 0. The normalized spacial score (nSPS) is 24.1. The Morgan fingerprint density at radius 2 is 2.13 bits per heavy atom. The van der Waals surface area contributed by atoms with Crippen LogP contribution >= 0.6 is 0 Å². The molecule has 2 fully saturated rings. The molecule has 2 heterocycles. The summed E-state index contributed by atoms with van der Waals surface area (Å²) in [6, 6.07) is 1.93. The minimum absolute atomic E-state index is 0.0228. The van der Waals surface area contributed by atoms with Gasteiger partial charge in [-0.3, -0.25) is 9.48 Å². The monoisotopic (exact) mass is 340 g/mol. The highest BCUT2D eigenvalue weighted by Gasteiger charge is 2.53. The second-order valence-electron chi connectivity index (χ2n) is 6.69. The van der Waals surface area contributed by atoms with Crippen molar-refractivity contribution in [2.24, 2.45) is 7.05 Å². The first-order chi connectivity index (χ1) is 10.8. The number of piperidine rings is 1. The van der Waals surface area contributed by atoms with Crippen molar-refractivity contribution in [3.05, 3.63) is 12.3 Å². The van der Waals surface area contributed by atoms with Gasteiger partial charge in [-0.05, 0) is 32.1 Å². The van der Waals surface area contributed by atoms with E-state index in [0.29, 0.717) is 19.4 Å². The Bertz CT molecular complexity index is 693. The second kappa shape index (κ2) is 5.81. The molecule has 1 saturated heterocycles. The van der Waals surface area contributed by atoms with Crippen molar-refractivity contribution in [1.82, 2.24) is 15.1 Å². The van der Waals surface area contributed by atoms with E-state index in [9.17, 15) is 13.2 Å². The number of nitrogens with zero attached hydrogens (tertiary/aromatic N) is 3. The minimum Gasteiger partial charge on any atom is -0.355 e. The van der Waals surface area contributed by atoms with Crippen LogP contribution < -0.4 is 10.2 Å². The van der Waals surface area contributed by atoms with Crippen LogP contribution in [0.1, 0.15) is 32.1 Å². The number of aryl methyl sites for hydroxylation is 1. The number of hydrogen-bond acceptors (Lipinski definition) is 5. The molecule has 1 saturated carbocycles. The number of rotatable bonds is 4. The molecule has 7 nitrogen and oxygen atoms in total. The van der Waals surface area contributed by atoms with E-state index in [0.717, 1.165) is 31.6 Å². The molecule has 3 rings (SSSR count). The van der Waals surface area contributed by atoms with E-state index in [1.54, 1.807) is 6.20 Å². The van der Waals surface area contributed by atoms with Crippen LogP contribution in [-0.4, -0.2) is 54.2 Å². The van der Waals surface area contributed by atoms with Gasteiger partial charge in [0.05, 0.1) is 6.20 Å². The molecule has 1 atom stereocenters. The summed E-state index contributed by atoms with van der Waals surface area (Å²) in [7, 11) is -1.49. The Morgan fingerprint density at radius 3 is 2.65 bits per heavy atom. The highest BCUT2D eigenvalue weighted by atomic mass is 32.2. The standard InChI is InChI=1S/C15H24N4O3S/c1-18-13(6-9-16-18)19-10-3-5-12(11-19)17-14(20)15(7-4-8-15)23(2,21)22/h6,9,12H,3-5,7-8,10-11H2,1-2H3,(H,17,20)/t12-/m1/s1. The fourth-order valence-electron chi connectivity index (χ4n) is 3.56. The van der Waals surface area contributed by atoms with Crippen molar-refractivity contribution in [3.8, 4) is 0 Å². The third-order valence-electron chi connectivity index (χ3n) is 5.16. The van der Waals surface area contributed by atoms with Crippen molar-refractivity contribution >= 4 is 21.6 Å². The molecule has 0 aromatic carbocycles. The summed E-state index contributed by atoms with van der Waals surface area (Å²) < 4.78 is 24.7. The fourth-order valence-corrected chi connectivity index (χ4v) is 4.99. The number of aromatic nitrogens is 2. The summed E-state index contributed by atoms with van der Waals surface area (Å²) in [5, 5.41) is 7.17. The molecule has 0 unspecified atom stereocenters. The van der Waals surface area contributed by atoms with Crippen LogP contribution in [0.25, 0.3) is 0 Å². The number of sulfone groups is 1. The molecule has 1 N–H and O–H groups in total. The van der Waals surface area contributed by atoms with Crippen molar-refractivity contribution in [1.29, 1.82) is 0 Å². The molecule has 1 aromatic rings. The van der Waals surface area contributed by atoms with Gasteiger partial charge >= 0.3 is 0 Å². The average Bonchev–Trinajstić information content (AvgIpc) is 2.82. The van der Waals surface area contributed by atoms with Crippen molar-refractivity contribution in [3.63, 3.8) is 0 Å². The Balaban J connectivity index is 1.68. The van der Waals surface area contributed by atoms with Crippen LogP contribution in [0.15, 0.2) is 12.3 Å². The highest BCUT2D eigenvalue weighted by molar-refractivity contribution is 7.93. The lowest BCUT2D eigenvalue weighted by molar-refractivity contribution is -0.126. The van der Waals surface area contributed by atoms with Gasteiger partial charge in [-0.1, -0.05) is 0 Å². The molecular weight excluding hydrogens is 316 g/mol. The smallest absolute Gasteiger partial charge is 0.241 e. The van der Waals surface area contributed by atoms with Crippen molar-refractivity contribution in [2.45, 2.75) is 42.9 Å². The van der Waals surface area contributed by atoms with Crippen LogP contribution in [0.5, 0.6) is 0 Å². The zero-order chi connectivity index (χ0) is 16.7. The molecule has 8 heteroatoms. The first-order valence-corrected chi connectivity index (χ1v) is 9.96. The lowest BCUT2D eigenvalue weighted by Gasteiger charge is -2.41. The Labute approximate surface area is 137 Å². The first-order valence-electron chi connectivity index (χ1n) is 8.07. The van der Waals surface area contributed by atoms with Gasteiger partial charge in [0, 0.05) is 38.5 Å². The number of amides is 1. The van der Waals surface area contributed by atoms with Crippen molar-refractivity contribution < 1.29 is 13.2 Å². The zero-order valence-electron chi connectivity index (χ0n) is 13.7. The predicted molar refractivity (Wildman–Crippen MR) is 88.0 cm³/mol. The quantitative estimate of drug-likeness (QED) is 0.861. The Hall–Kier alpha value is -1.57. The molecular formula is C15H24N4O3S. The topological polar surface area (TPSA) is 84.3 Å². The summed E-state index contributed by atoms with van der Waals surface area (Å²) in [5.74, 6) is 0.702. The largest absolute Gasteiger partial charge is 0.355 e. The number of anilines is 1. The van der Waals surface area contributed by atoms with E-state index in [1.807, 2.05) is 17.8 Å². The van der Waals surface area contributed by atoms with Gasteiger partial charge < -0.3 is 10.2 Å². The van der Waals surface area contributed by atoms with E-state index in [2.05, 4.69) is 15.3 Å². The molecule has 0 spiro atoms. The van der Waals surface area contributed by atoms with Crippen LogP contribution in [0.4, 0.5) is 5.82 Å². The number of carbonyl (C=O) groups excluding carboxylic acids is 1. The third kappa shape index (κ3) is 2.84. The molecule has 1 aromatic heterocycles. The maximum atomic E-state index is 12.6. The molecule has 23 heavy (non-hydrogen) atoms. The fraction of sp³-hybridized carbons (Fsp3) is 0.733. The van der Waals surface area contributed by atoms with Crippen molar-refractivity contribution in [2.75, 3.05) is 24.2 Å². The maximum absolute atomic E-state index is 12.6. The SMILES string of the molecule is Cn1nccc1N1CCC[C@@H](NC(=O)C2(S(C)(=O)=O)CCC2)C1. The summed E-state index contributed by atoms with van der Waals surface area (Å²) in [4.78, 5) is 14.8. The second-order valence-corrected chi connectivity index (χ2v) is 9.02. The highest BCUT2D eigenvalue weighted by Crippen LogP contribution is 2.39. The molecule has 0 radical (unpaired) electrons. The third-order valence-corrected chi connectivity index (χ3v) is 7.17. The number of carbonyl (C=O) groups is 1. The molecule has 1 aliphatic carbocycles. The van der Waals surface area contributed by atoms with Gasteiger partial charge in [0.15, 0.2) is 9.84 Å². The number of nitrogens with one attached hydrogen (secondary N) is 1. The lowest BCUT2D eigenvalue weighted by Crippen LogP contribution is -2.60. The van der Waals surface area contributed by atoms with Crippen LogP contribution in [0.3, 0.4) is 0 Å². The number of hydrogen-bond donors (Lipinski definition) is 1. The summed E-state index contributed by atoms with van der Waals surface area (Å²) in [6.07, 6.45) is 6.44. The summed E-state index contributed by atoms with van der Waals surface area (Å²) in [6.45, 7) is 1.61. The van der Waals surface area contributed by atoms with Gasteiger partial charge in [-0.15, -0.1) is 0 Å². The van der Waals surface area contributed by atoms with Gasteiger partial charge in [0.2, 0.25) is 5.91 Å². The van der Waals surface area contributed by atoms with Crippen LogP contribution in [0, 0.1) is 0 Å². The Kier molecular flexibility index (Phi) is 4.12. The predicted octanol–water partition coefficient (Wildman–Crippen LogP) is 0.472. The van der Waals surface area contributed by atoms with E-state index in [-0.39, 0.29) is 11.9 Å². The minimum atomic E-state index is -3.38. The van der Waals surface area contributed by atoms with Gasteiger partial charge in [0.1, 0.15) is 10.6 Å². The zero-order valence-corrected chi connectivity index (χ0v) is 14.5. The first kappa shape index (κ1) is 16.3. The lowest BCUT2D eigenvalue weighted by atomic mass is 9.83. The molecule has 1 amide bonds. The average molecular weight is 340 g/mol. The molecule has 0 bridgehead atoms. The molecule has 1 aliphatic heterocycles. The van der Waals surface area contributed by atoms with Gasteiger partial charge in [0.25, 0.3) is 0 Å². The molecule has 128 valence electrons. The van der Waals surface area contributed by atoms with E-state index in [1.165, 1.54) is 6.26 Å². The van der Waals surface area contributed by atoms with E-state index >= 15 is 0 Å². The van der Waals surface area contributed by atoms with Gasteiger partial charge in [-0.2, -0.15) is 5.10 Å². The van der Waals surface area contributed by atoms with Gasteiger partial charge in [-0.25, -0.2) is 8.42 Å². The van der Waals surface area contributed by atoms with E-state index < -0.39 is 14.6 Å². The van der Waals surface area contributed by atoms with Crippen LogP contribution in [-0.2, 0) is 21.7 Å². The Morgan fingerprint density at radius 1 is 1.39 bits per heavy atom.